The average molecular weight is 476 g/mol. The van der Waals surface area contributed by atoms with Gasteiger partial charge in [-0.25, -0.2) is 4.98 Å². The van der Waals surface area contributed by atoms with Gasteiger partial charge in [-0.15, -0.1) is 21.5 Å². The minimum Gasteiger partial charge on any atom is -0.491 e. The van der Waals surface area contributed by atoms with E-state index in [1.807, 2.05) is 0 Å². The molecule has 2 fully saturated rings. The number of hydrogen-bond donors (Lipinski definition) is 1. The number of nitrogens with one attached hydrogen (secondary N) is 1. The zero-order valence-corrected chi connectivity index (χ0v) is 20.4. The van der Waals surface area contributed by atoms with Gasteiger partial charge in [0.2, 0.25) is 5.82 Å². The Balaban J connectivity index is 1.26. The monoisotopic (exact) mass is 475 g/mol. The Bertz CT molecular complexity index is 1240. The molecule has 0 spiro atoms. The largest absolute Gasteiger partial charge is 0.491 e. The molecule has 1 saturated heterocycles. The van der Waals surface area contributed by atoms with Crippen molar-refractivity contribution in [3.05, 3.63) is 47.0 Å². The molecule has 3 heterocycles. The van der Waals surface area contributed by atoms with Crippen molar-refractivity contribution in [2.24, 2.45) is 0 Å². The Morgan fingerprint density at radius 2 is 1.94 bits per heavy atom. The normalized spacial score (nSPS) is 17.1. The first-order valence-electron chi connectivity index (χ1n) is 12.0. The summed E-state index contributed by atoms with van der Waals surface area (Å²) in [6, 6.07) is 12.7. The van der Waals surface area contributed by atoms with Crippen molar-refractivity contribution in [2.45, 2.75) is 45.3 Å². The molecular weight excluding hydrogens is 446 g/mol. The van der Waals surface area contributed by atoms with E-state index in [9.17, 15) is 0 Å². The van der Waals surface area contributed by atoms with E-state index in [1.165, 1.54) is 28.1 Å². The predicted molar refractivity (Wildman–Crippen MR) is 134 cm³/mol. The zero-order valence-electron chi connectivity index (χ0n) is 19.6. The highest BCUT2D eigenvalue weighted by Gasteiger charge is 2.32. The lowest BCUT2D eigenvalue weighted by molar-refractivity contribution is 0.241. The molecular formula is C25H29N7OS. The summed E-state index contributed by atoms with van der Waals surface area (Å²) in [6.45, 7) is 8.88. The maximum atomic E-state index is 6.16. The fourth-order valence-corrected chi connectivity index (χ4v) is 5.77. The van der Waals surface area contributed by atoms with Crippen LogP contribution in [0.4, 0.5) is 5.69 Å². The van der Waals surface area contributed by atoms with Crippen LogP contribution in [0.5, 0.6) is 5.75 Å². The van der Waals surface area contributed by atoms with Gasteiger partial charge in [0.05, 0.1) is 34.1 Å². The Hall–Kier alpha value is -3.04. The van der Waals surface area contributed by atoms with Crippen molar-refractivity contribution in [1.82, 2.24) is 30.5 Å². The summed E-state index contributed by atoms with van der Waals surface area (Å²) in [7, 11) is 0. The molecule has 2 aromatic heterocycles. The van der Waals surface area contributed by atoms with Crippen molar-refractivity contribution in [3.8, 4) is 17.1 Å². The number of thiazole rings is 1. The van der Waals surface area contributed by atoms with Crippen LogP contribution in [-0.4, -0.2) is 62.8 Å². The van der Waals surface area contributed by atoms with Gasteiger partial charge >= 0.3 is 0 Å². The number of anilines is 1. The van der Waals surface area contributed by atoms with E-state index in [0.29, 0.717) is 11.7 Å². The molecule has 2 aliphatic rings. The zero-order chi connectivity index (χ0) is 23.1. The van der Waals surface area contributed by atoms with Gasteiger partial charge in [0, 0.05) is 32.2 Å². The van der Waals surface area contributed by atoms with E-state index in [-0.39, 0.29) is 6.10 Å². The fourth-order valence-electron chi connectivity index (χ4n) is 4.76. The minimum absolute atomic E-state index is 0.126. The molecule has 4 aromatic rings. The SMILES string of the molecule is CC(C)Oc1cc(C2CC2)c(-c2nn[nH]n2)c(N2CCN(Cc3nc4ccccc4s3)CC2)c1. The number of tetrazole rings is 1. The summed E-state index contributed by atoms with van der Waals surface area (Å²) in [5.74, 6) is 2.14. The van der Waals surface area contributed by atoms with E-state index in [0.717, 1.165) is 55.2 Å². The third-order valence-corrected chi connectivity index (χ3v) is 7.51. The van der Waals surface area contributed by atoms with Crippen LogP contribution in [0, 0.1) is 0 Å². The number of aromatic amines is 1. The van der Waals surface area contributed by atoms with Crippen molar-refractivity contribution in [2.75, 3.05) is 31.1 Å². The summed E-state index contributed by atoms with van der Waals surface area (Å²) < 4.78 is 7.42. The average Bonchev–Trinajstić information content (AvgIpc) is 3.37. The van der Waals surface area contributed by atoms with Crippen LogP contribution in [0.25, 0.3) is 21.6 Å². The lowest BCUT2D eigenvalue weighted by atomic mass is 9.98. The molecule has 176 valence electrons. The molecule has 0 radical (unpaired) electrons. The quantitative estimate of drug-likeness (QED) is 0.422. The van der Waals surface area contributed by atoms with Crippen molar-refractivity contribution in [3.63, 3.8) is 0 Å². The maximum absolute atomic E-state index is 6.16. The lowest BCUT2D eigenvalue weighted by Gasteiger charge is -2.37. The van der Waals surface area contributed by atoms with Gasteiger partial charge in [0.25, 0.3) is 0 Å². The first-order chi connectivity index (χ1) is 16.6. The van der Waals surface area contributed by atoms with Crippen LogP contribution >= 0.6 is 11.3 Å². The summed E-state index contributed by atoms with van der Waals surface area (Å²) >= 11 is 1.80. The topological polar surface area (TPSA) is 83.1 Å². The first kappa shape index (κ1) is 21.5. The highest BCUT2D eigenvalue weighted by atomic mass is 32.1. The van der Waals surface area contributed by atoms with E-state index in [2.05, 4.69) is 80.7 Å². The second kappa shape index (κ2) is 8.96. The van der Waals surface area contributed by atoms with Crippen LogP contribution in [0.1, 0.15) is 43.2 Å². The van der Waals surface area contributed by atoms with E-state index < -0.39 is 0 Å². The van der Waals surface area contributed by atoms with Crippen LogP contribution in [0.15, 0.2) is 36.4 Å². The molecule has 1 aliphatic carbocycles. The molecule has 1 N–H and O–H groups in total. The summed E-state index contributed by atoms with van der Waals surface area (Å²) in [6.07, 6.45) is 2.53. The van der Waals surface area contributed by atoms with Gasteiger partial charge in [0.1, 0.15) is 10.8 Å². The van der Waals surface area contributed by atoms with Gasteiger partial charge in [-0.3, -0.25) is 4.90 Å². The third-order valence-electron chi connectivity index (χ3n) is 6.49. The van der Waals surface area contributed by atoms with Crippen molar-refractivity contribution < 1.29 is 4.74 Å². The number of fused-ring (bicyclic) bond motifs is 1. The number of hydrogen-bond acceptors (Lipinski definition) is 8. The summed E-state index contributed by atoms with van der Waals surface area (Å²) in [5, 5.41) is 16.4. The number of H-pyrrole nitrogens is 1. The number of piperazine rings is 1. The number of para-hydroxylation sites is 1. The van der Waals surface area contributed by atoms with Crippen LogP contribution < -0.4 is 9.64 Å². The molecule has 1 saturated carbocycles. The van der Waals surface area contributed by atoms with Crippen molar-refractivity contribution in [1.29, 1.82) is 0 Å². The van der Waals surface area contributed by atoms with Crippen LogP contribution in [-0.2, 0) is 6.54 Å². The molecule has 0 amide bonds. The van der Waals surface area contributed by atoms with Gasteiger partial charge in [0.15, 0.2) is 0 Å². The molecule has 9 heteroatoms. The Labute approximate surface area is 202 Å². The fraction of sp³-hybridized carbons (Fsp3) is 0.440. The van der Waals surface area contributed by atoms with Crippen molar-refractivity contribution >= 4 is 27.2 Å². The first-order valence-corrected chi connectivity index (χ1v) is 12.9. The predicted octanol–water partition coefficient (Wildman–Crippen LogP) is 4.46. The Morgan fingerprint density at radius 1 is 1.12 bits per heavy atom. The van der Waals surface area contributed by atoms with Gasteiger partial charge in [-0.1, -0.05) is 12.1 Å². The number of nitrogens with zero attached hydrogens (tertiary/aromatic N) is 6. The smallest absolute Gasteiger partial charge is 0.207 e. The number of benzene rings is 2. The molecule has 0 bridgehead atoms. The molecule has 6 rings (SSSR count). The second-order valence-electron chi connectivity index (χ2n) is 9.42. The number of ether oxygens (including phenoxy) is 1. The molecule has 0 atom stereocenters. The van der Waals surface area contributed by atoms with Crippen LogP contribution in [0.2, 0.25) is 0 Å². The van der Waals surface area contributed by atoms with Gasteiger partial charge < -0.3 is 9.64 Å². The standard InChI is InChI=1S/C25H29N7OS/c1-16(2)33-18-13-19(17-7-8-17)24(25-27-29-30-28-25)21(14-18)32-11-9-31(10-12-32)15-23-26-20-5-3-4-6-22(20)34-23/h3-6,13-14,16-17H,7-12,15H2,1-2H3,(H,27,28,29,30). The van der Waals surface area contributed by atoms with E-state index in [1.54, 1.807) is 11.3 Å². The maximum Gasteiger partial charge on any atom is 0.207 e. The second-order valence-corrected chi connectivity index (χ2v) is 10.5. The lowest BCUT2D eigenvalue weighted by Crippen LogP contribution is -2.46. The van der Waals surface area contributed by atoms with Crippen LogP contribution in [0.3, 0.4) is 0 Å². The molecule has 1 aliphatic heterocycles. The Kier molecular flexibility index (Phi) is 5.66. The highest BCUT2D eigenvalue weighted by molar-refractivity contribution is 7.18. The third kappa shape index (κ3) is 4.37. The minimum atomic E-state index is 0.126. The summed E-state index contributed by atoms with van der Waals surface area (Å²) in [4.78, 5) is 9.79. The summed E-state index contributed by atoms with van der Waals surface area (Å²) in [5.41, 5.74) is 4.64. The van der Waals surface area contributed by atoms with Gasteiger partial charge in [-0.05, 0) is 61.6 Å². The van der Waals surface area contributed by atoms with E-state index in [4.69, 9.17) is 9.72 Å². The molecule has 2 aromatic carbocycles. The highest BCUT2D eigenvalue weighted by Crippen LogP contribution is 2.48. The van der Waals surface area contributed by atoms with E-state index >= 15 is 0 Å². The molecule has 0 unspecified atom stereocenters. The molecule has 8 nitrogen and oxygen atoms in total. The number of rotatable bonds is 7. The Morgan fingerprint density at radius 3 is 2.65 bits per heavy atom. The van der Waals surface area contributed by atoms with Gasteiger partial charge in [-0.2, -0.15) is 5.21 Å². The number of aromatic nitrogens is 5. The molecule has 34 heavy (non-hydrogen) atoms.